The van der Waals surface area contributed by atoms with Crippen LogP contribution >= 0.6 is 22.9 Å². The Morgan fingerprint density at radius 2 is 1.95 bits per heavy atom. The van der Waals surface area contributed by atoms with Crippen molar-refractivity contribution in [2.45, 2.75) is 18.5 Å². The lowest BCUT2D eigenvalue weighted by molar-refractivity contribution is -0.138. The van der Waals surface area contributed by atoms with Crippen LogP contribution in [0, 0.1) is 5.92 Å². The summed E-state index contributed by atoms with van der Waals surface area (Å²) >= 11 is 6.11. The molecule has 1 amide bonds. The topological polar surface area (TPSA) is 54.9 Å². The summed E-state index contributed by atoms with van der Waals surface area (Å²) in [4.78, 5) is 12.0. The molecule has 2 atom stereocenters. The number of alkyl halides is 3. The van der Waals surface area contributed by atoms with E-state index in [-0.39, 0.29) is 22.9 Å². The molecule has 1 N–H and O–H groups in total. The number of rotatable bonds is 3. The molecule has 4 nitrogen and oxygen atoms in total. The van der Waals surface area contributed by atoms with Crippen LogP contribution in [-0.4, -0.2) is 16.1 Å². The van der Waals surface area contributed by atoms with Gasteiger partial charge >= 0.3 is 6.18 Å². The second kappa shape index (κ2) is 5.51. The van der Waals surface area contributed by atoms with Gasteiger partial charge in [-0.05, 0) is 30.0 Å². The Kier molecular flexibility index (Phi) is 3.82. The third kappa shape index (κ3) is 3.22. The second-order valence-electron chi connectivity index (χ2n) is 4.90. The van der Waals surface area contributed by atoms with Gasteiger partial charge in [0.1, 0.15) is 0 Å². The monoisotopic (exact) mass is 347 g/mol. The molecule has 0 spiro atoms. The Morgan fingerprint density at radius 3 is 2.55 bits per heavy atom. The van der Waals surface area contributed by atoms with E-state index in [1.54, 1.807) is 12.1 Å². The fraction of sp³-hybridized carbons (Fsp3) is 0.308. The number of anilines is 1. The van der Waals surface area contributed by atoms with E-state index in [0.29, 0.717) is 22.8 Å². The first-order chi connectivity index (χ1) is 10.3. The summed E-state index contributed by atoms with van der Waals surface area (Å²) in [5, 5.41) is 8.14. The molecular weight excluding hydrogens is 339 g/mol. The fourth-order valence-electron chi connectivity index (χ4n) is 2.15. The lowest BCUT2D eigenvalue weighted by atomic mass is 10.1. The summed E-state index contributed by atoms with van der Waals surface area (Å²) in [5.74, 6) is -0.545. The van der Waals surface area contributed by atoms with Gasteiger partial charge in [0, 0.05) is 10.9 Å². The van der Waals surface area contributed by atoms with Gasteiger partial charge in [0.05, 0.1) is 0 Å². The van der Waals surface area contributed by atoms with Crippen LogP contribution in [0.15, 0.2) is 24.3 Å². The van der Waals surface area contributed by atoms with Crippen LogP contribution in [0.4, 0.5) is 18.3 Å². The second-order valence-corrected chi connectivity index (χ2v) is 6.31. The number of carbonyl (C=O) groups excluding carboxylic acids is 1. The molecular formula is C13H9ClF3N3OS. The molecule has 1 aromatic heterocycles. The molecule has 1 aliphatic carbocycles. The van der Waals surface area contributed by atoms with E-state index in [0.717, 1.165) is 5.56 Å². The molecule has 1 aromatic carbocycles. The Labute approximate surface area is 132 Å². The number of aromatic nitrogens is 2. The standard InChI is InChI=1S/C13H9ClF3N3OS/c14-7-3-1-6(2-4-7)8-5-9(8)10(21)18-12-20-19-11(22-12)13(15,16)17/h1-4,8-9H,5H2,(H,18,20,21)/t8-,9+/m1/s1. The molecule has 0 aliphatic heterocycles. The molecule has 0 saturated heterocycles. The maximum Gasteiger partial charge on any atom is 0.445 e. The van der Waals surface area contributed by atoms with Crippen molar-refractivity contribution in [2.24, 2.45) is 5.92 Å². The van der Waals surface area contributed by atoms with Gasteiger partial charge in [-0.3, -0.25) is 4.79 Å². The Morgan fingerprint density at radius 1 is 1.27 bits per heavy atom. The first kappa shape index (κ1) is 15.2. The number of amides is 1. The van der Waals surface area contributed by atoms with E-state index in [4.69, 9.17) is 11.6 Å². The predicted molar refractivity (Wildman–Crippen MR) is 75.8 cm³/mol. The van der Waals surface area contributed by atoms with Crippen molar-refractivity contribution in [1.82, 2.24) is 10.2 Å². The molecule has 9 heteroatoms. The molecule has 1 heterocycles. The molecule has 116 valence electrons. The highest BCUT2D eigenvalue weighted by Crippen LogP contribution is 2.48. The fourth-order valence-corrected chi connectivity index (χ4v) is 2.89. The van der Waals surface area contributed by atoms with Crippen molar-refractivity contribution in [3.05, 3.63) is 39.9 Å². The van der Waals surface area contributed by atoms with Crippen molar-refractivity contribution in [1.29, 1.82) is 0 Å². The molecule has 1 fully saturated rings. The molecule has 22 heavy (non-hydrogen) atoms. The van der Waals surface area contributed by atoms with E-state index < -0.39 is 11.2 Å². The highest BCUT2D eigenvalue weighted by Gasteiger charge is 2.44. The van der Waals surface area contributed by atoms with Crippen molar-refractivity contribution < 1.29 is 18.0 Å². The van der Waals surface area contributed by atoms with E-state index in [1.165, 1.54) is 0 Å². The Balaban J connectivity index is 1.62. The van der Waals surface area contributed by atoms with Gasteiger partial charge in [-0.25, -0.2) is 0 Å². The number of halogens is 4. The third-order valence-electron chi connectivity index (χ3n) is 3.32. The van der Waals surface area contributed by atoms with Crippen molar-refractivity contribution in [3.63, 3.8) is 0 Å². The SMILES string of the molecule is O=C(Nc1nnc(C(F)(F)F)s1)[C@H]1C[C@@H]1c1ccc(Cl)cc1. The van der Waals surface area contributed by atoms with Crippen molar-refractivity contribution >= 4 is 34.0 Å². The predicted octanol–water partition coefficient (Wildman–Crippen LogP) is 3.95. The molecule has 1 saturated carbocycles. The number of hydrogen-bond acceptors (Lipinski definition) is 4. The van der Waals surface area contributed by atoms with E-state index >= 15 is 0 Å². The zero-order chi connectivity index (χ0) is 15.9. The number of nitrogens with zero attached hydrogens (tertiary/aromatic N) is 2. The minimum absolute atomic E-state index is 0.0623. The van der Waals surface area contributed by atoms with Crippen LogP contribution in [0.5, 0.6) is 0 Å². The minimum Gasteiger partial charge on any atom is -0.300 e. The third-order valence-corrected chi connectivity index (χ3v) is 4.46. The molecule has 2 aromatic rings. The number of nitrogens with one attached hydrogen (secondary N) is 1. The van der Waals surface area contributed by atoms with Gasteiger partial charge in [-0.2, -0.15) is 13.2 Å². The van der Waals surface area contributed by atoms with Gasteiger partial charge in [0.15, 0.2) is 0 Å². The first-order valence-corrected chi connectivity index (χ1v) is 7.51. The van der Waals surface area contributed by atoms with Crippen LogP contribution < -0.4 is 5.32 Å². The van der Waals surface area contributed by atoms with Gasteiger partial charge in [0.2, 0.25) is 16.0 Å². The Bertz CT molecular complexity index is 701. The van der Waals surface area contributed by atoms with Gasteiger partial charge in [0.25, 0.3) is 0 Å². The number of benzene rings is 1. The van der Waals surface area contributed by atoms with E-state index in [1.807, 2.05) is 12.1 Å². The largest absolute Gasteiger partial charge is 0.445 e. The van der Waals surface area contributed by atoms with E-state index in [9.17, 15) is 18.0 Å². The number of carbonyl (C=O) groups is 1. The van der Waals surface area contributed by atoms with Crippen molar-refractivity contribution in [3.8, 4) is 0 Å². The summed E-state index contributed by atoms with van der Waals surface area (Å²) in [5.41, 5.74) is 0.984. The van der Waals surface area contributed by atoms with Crippen LogP contribution in [0.25, 0.3) is 0 Å². The van der Waals surface area contributed by atoms with Gasteiger partial charge in [-0.1, -0.05) is 35.1 Å². The summed E-state index contributed by atoms with van der Waals surface area (Å²) in [7, 11) is 0. The highest BCUT2D eigenvalue weighted by atomic mass is 35.5. The highest BCUT2D eigenvalue weighted by molar-refractivity contribution is 7.15. The minimum atomic E-state index is -4.55. The van der Waals surface area contributed by atoms with Gasteiger partial charge in [-0.15, -0.1) is 10.2 Å². The zero-order valence-corrected chi connectivity index (χ0v) is 12.5. The lowest BCUT2D eigenvalue weighted by Gasteiger charge is -2.01. The molecule has 0 unspecified atom stereocenters. The maximum atomic E-state index is 12.4. The van der Waals surface area contributed by atoms with E-state index in [2.05, 4.69) is 15.5 Å². The van der Waals surface area contributed by atoms with Crippen molar-refractivity contribution in [2.75, 3.05) is 5.32 Å². The first-order valence-electron chi connectivity index (χ1n) is 6.31. The Hall–Kier alpha value is -1.67. The maximum absolute atomic E-state index is 12.4. The lowest BCUT2D eigenvalue weighted by Crippen LogP contribution is -2.14. The van der Waals surface area contributed by atoms with Crippen LogP contribution in [0.3, 0.4) is 0 Å². The summed E-state index contributed by atoms with van der Waals surface area (Å²) in [6.07, 6.45) is -3.90. The average Bonchev–Trinajstić information content (AvgIpc) is 3.10. The zero-order valence-electron chi connectivity index (χ0n) is 10.9. The smallest absolute Gasteiger partial charge is 0.300 e. The van der Waals surface area contributed by atoms with Crippen LogP contribution in [-0.2, 0) is 11.0 Å². The molecule has 0 bridgehead atoms. The molecule has 3 rings (SSSR count). The quantitative estimate of drug-likeness (QED) is 0.914. The molecule has 1 aliphatic rings. The molecule has 0 radical (unpaired) electrons. The summed E-state index contributed by atoms with van der Waals surface area (Å²) in [6, 6.07) is 7.16. The normalized spacial score (nSPS) is 20.7. The van der Waals surface area contributed by atoms with Gasteiger partial charge < -0.3 is 5.32 Å². The van der Waals surface area contributed by atoms with Crippen LogP contribution in [0.1, 0.15) is 22.9 Å². The van der Waals surface area contributed by atoms with Crippen LogP contribution in [0.2, 0.25) is 5.02 Å². The average molecular weight is 348 g/mol. The summed E-state index contributed by atoms with van der Waals surface area (Å²) in [6.45, 7) is 0. The summed E-state index contributed by atoms with van der Waals surface area (Å²) < 4.78 is 37.2. The number of hydrogen-bond donors (Lipinski definition) is 1.